The smallest absolute Gasteiger partial charge is 0.255 e. The number of nitrogens with one attached hydrogen (secondary N) is 2. The van der Waals surface area contributed by atoms with E-state index in [2.05, 4.69) is 20.5 Å². The summed E-state index contributed by atoms with van der Waals surface area (Å²) in [4.78, 5) is 18.7. The van der Waals surface area contributed by atoms with Gasteiger partial charge in [-0.15, -0.1) is 0 Å². The molecule has 0 unspecified atom stereocenters. The first-order valence-corrected chi connectivity index (χ1v) is 8.24. The Bertz CT molecular complexity index is 818. The average Bonchev–Trinajstić information content (AvgIpc) is 2.53. The topological polar surface area (TPSA) is 99.6 Å². The number of ether oxygens (including phenoxy) is 1. The highest BCUT2D eigenvalue weighted by Crippen LogP contribution is 2.25. The predicted octanol–water partition coefficient (Wildman–Crippen LogP) is 2.50. The van der Waals surface area contributed by atoms with Crippen LogP contribution in [0.4, 0.5) is 5.95 Å². The zero-order chi connectivity index (χ0) is 18.4. The lowest BCUT2D eigenvalue weighted by molar-refractivity contribution is 0.242. The molecule has 0 amide bonds. The normalized spacial score (nSPS) is 11.3. The van der Waals surface area contributed by atoms with Crippen molar-refractivity contribution < 1.29 is 9.84 Å². The van der Waals surface area contributed by atoms with Gasteiger partial charge in [0.25, 0.3) is 5.56 Å². The maximum atomic E-state index is 11.9. The van der Waals surface area contributed by atoms with Gasteiger partial charge in [-0.25, -0.2) is 10.4 Å². The molecule has 0 fully saturated rings. The van der Waals surface area contributed by atoms with Crippen LogP contribution in [0.25, 0.3) is 0 Å². The number of aromatic amines is 1. The highest BCUT2D eigenvalue weighted by atomic mass is 35.5. The van der Waals surface area contributed by atoms with E-state index >= 15 is 0 Å². The Morgan fingerprint density at radius 1 is 1.48 bits per heavy atom. The van der Waals surface area contributed by atoms with Gasteiger partial charge >= 0.3 is 0 Å². The maximum Gasteiger partial charge on any atom is 0.255 e. The van der Waals surface area contributed by atoms with Gasteiger partial charge in [-0.2, -0.15) is 5.10 Å². The monoisotopic (exact) mass is 364 g/mol. The van der Waals surface area contributed by atoms with Gasteiger partial charge in [0.1, 0.15) is 5.75 Å². The van der Waals surface area contributed by atoms with Crippen LogP contribution >= 0.6 is 11.6 Å². The van der Waals surface area contributed by atoms with E-state index in [4.69, 9.17) is 21.4 Å². The van der Waals surface area contributed by atoms with Crippen LogP contribution in [0, 0.1) is 6.92 Å². The fraction of sp³-hybridized carbons (Fsp3) is 0.353. The molecule has 25 heavy (non-hydrogen) atoms. The van der Waals surface area contributed by atoms with Gasteiger partial charge in [0, 0.05) is 18.6 Å². The fourth-order valence-electron chi connectivity index (χ4n) is 2.18. The molecule has 1 aromatic carbocycles. The van der Waals surface area contributed by atoms with Crippen LogP contribution in [0.5, 0.6) is 5.75 Å². The van der Waals surface area contributed by atoms with Crippen LogP contribution in [0.2, 0.25) is 5.02 Å². The quantitative estimate of drug-likeness (QED) is 0.517. The molecule has 0 aliphatic heterocycles. The minimum absolute atomic E-state index is 0.0404. The highest BCUT2D eigenvalue weighted by molar-refractivity contribution is 6.32. The van der Waals surface area contributed by atoms with Crippen molar-refractivity contribution in [2.24, 2.45) is 5.10 Å². The number of hydrogen-bond acceptors (Lipinski definition) is 6. The molecule has 1 heterocycles. The van der Waals surface area contributed by atoms with Gasteiger partial charge in [0.05, 0.1) is 23.0 Å². The molecular formula is C17H21ClN4O3. The second kappa shape index (κ2) is 8.64. The van der Waals surface area contributed by atoms with Gasteiger partial charge in [-0.3, -0.25) is 9.78 Å². The van der Waals surface area contributed by atoms with E-state index in [1.807, 2.05) is 19.9 Å². The molecule has 0 aliphatic rings. The molecule has 0 aliphatic carbocycles. The number of hydrazone groups is 1. The molecular weight excluding hydrogens is 344 g/mol. The average molecular weight is 365 g/mol. The zero-order valence-corrected chi connectivity index (χ0v) is 15.1. The highest BCUT2D eigenvalue weighted by Gasteiger charge is 2.07. The first-order valence-electron chi connectivity index (χ1n) is 7.86. The largest absolute Gasteiger partial charge is 0.489 e. The SMILES string of the molecule is Cc1nc(N/N=C\c2ccc(OC(C)C)c(Cl)c2)[nH]c(=O)c1CCO. The van der Waals surface area contributed by atoms with Crippen molar-refractivity contribution in [1.82, 2.24) is 9.97 Å². The van der Waals surface area contributed by atoms with Gasteiger partial charge in [-0.1, -0.05) is 11.6 Å². The van der Waals surface area contributed by atoms with E-state index in [-0.39, 0.29) is 30.6 Å². The minimum Gasteiger partial charge on any atom is -0.489 e. The van der Waals surface area contributed by atoms with Crippen LogP contribution in [0.15, 0.2) is 28.1 Å². The van der Waals surface area contributed by atoms with E-state index in [0.717, 1.165) is 5.56 Å². The fourth-order valence-corrected chi connectivity index (χ4v) is 2.42. The summed E-state index contributed by atoms with van der Waals surface area (Å²) < 4.78 is 5.57. The Hall–Kier alpha value is -2.38. The predicted molar refractivity (Wildman–Crippen MR) is 98.8 cm³/mol. The van der Waals surface area contributed by atoms with Crippen molar-refractivity contribution in [2.45, 2.75) is 33.3 Å². The second-order valence-electron chi connectivity index (χ2n) is 5.68. The van der Waals surface area contributed by atoms with Gasteiger partial charge in [0.15, 0.2) is 0 Å². The lowest BCUT2D eigenvalue weighted by Crippen LogP contribution is -2.19. The van der Waals surface area contributed by atoms with Crippen molar-refractivity contribution in [1.29, 1.82) is 0 Å². The summed E-state index contributed by atoms with van der Waals surface area (Å²) in [6.45, 7) is 5.46. The number of aromatic nitrogens is 2. The molecule has 0 atom stereocenters. The molecule has 0 radical (unpaired) electrons. The Labute approximate surface area is 150 Å². The number of aryl methyl sites for hydroxylation is 1. The molecule has 2 aromatic rings. The maximum absolute atomic E-state index is 11.9. The van der Waals surface area contributed by atoms with Crippen molar-refractivity contribution in [3.63, 3.8) is 0 Å². The lowest BCUT2D eigenvalue weighted by atomic mass is 10.2. The van der Waals surface area contributed by atoms with E-state index in [9.17, 15) is 4.79 Å². The van der Waals surface area contributed by atoms with Crippen molar-refractivity contribution >= 4 is 23.8 Å². The van der Waals surface area contributed by atoms with Crippen LogP contribution in [-0.2, 0) is 6.42 Å². The third-order valence-corrected chi connectivity index (χ3v) is 3.58. The number of benzene rings is 1. The summed E-state index contributed by atoms with van der Waals surface area (Å²) in [5.74, 6) is 0.842. The van der Waals surface area contributed by atoms with E-state index < -0.39 is 0 Å². The third-order valence-electron chi connectivity index (χ3n) is 3.29. The number of anilines is 1. The zero-order valence-electron chi connectivity index (χ0n) is 14.3. The van der Waals surface area contributed by atoms with Crippen LogP contribution in [0.3, 0.4) is 0 Å². The summed E-state index contributed by atoms with van der Waals surface area (Å²) in [6, 6.07) is 5.33. The summed E-state index contributed by atoms with van der Waals surface area (Å²) in [5.41, 5.74) is 4.16. The van der Waals surface area contributed by atoms with Crippen LogP contribution in [-0.4, -0.2) is 34.0 Å². The number of aliphatic hydroxyl groups is 1. The molecule has 134 valence electrons. The Balaban J connectivity index is 2.08. The first-order chi connectivity index (χ1) is 11.9. The number of H-pyrrole nitrogens is 1. The Kier molecular flexibility index (Phi) is 6.55. The molecule has 7 nitrogen and oxygen atoms in total. The molecule has 0 saturated heterocycles. The van der Waals surface area contributed by atoms with E-state index in [1.165, 1.54) is 0 Å². The minimum atomic E-state index is -0.294. The summed E-state index contributed by atoms with van der Waals surface area (Å²) in [6.07, 6.45) is 1.86. The summed E-state index contributed by atoms with van der Waals surface area (Å²) in [7, 11) is 0. The van der Waals surface area contributed by atoms with E-state index in [1.54, 1.807) is 25.3 Å². The van der Waals surface area contributed by atoms with Gasteiger partial charge < -0.3 is 9.84 Å². The van der Waals surface area contributed by atoms with Crippen LogP contribution in [0.1, 0.15) is 30.7 Å². The van der Waals surface area contributed by atoms with Crippen LogP contribution < -0.4 is 15.7 Å². The van der Waals surface area contributed by atoms with Crippen molar-refractivity contribution in [3.05, 3.63) is 50.4 Å². The van der Waals surface area contributed by atoms with Gasteiger partial charge in [0.2, 0.25) is 5.95 Å². The summed E-state index contributed by atoms with van der Waals surface area (Å²) in [5, 5.41) is 13.5. The Morgan fingerprint density at radius 2 is 2.24 bits per heavy atom. The molecule has 2 rings (SSSR count). The number of nitrogens with zero attached hydrogens (tertiary/aromatic N) is 2. The molecule has 1 aromatic heterocycles. The number of halogens is 1. The van der Waals surface area contributed by atoms with Gasteiger partial charge in [-0.05, 0) is 44.5 Å². The molecule has 3 N–H and O–H groups in total. The second-order valence-corrected chi connectivity index (χ2v) is 6.09. The lowest BCUT2D eigenvalue weighted by Gasteiger charge is -2.11. The van der Waals surface area contributed by atoms with E-state index in [0.29, 0.717) is 22.0 Å². The first kappa shape index (κ1) is 19.0. The molecule has 0 spiro atoms. The molecule has 0 bridgehead atoms. The van der Waals surface area contributed by atoms with Crippen molar-refractivity contribution in [2.75, 3.05) is 12.0 Å². The number of rotatable bonds is 7. The van der Waals surface area contributed by atoms with Crippen molar-refractivity contribution in [3.8, 4) is 5.75 Å². The number of aliphatic hydroxyl groups excluding tert-OH is 1. The third kappa shape index (κ3) is 5.30. The Morgan fingerprint density at radius 3 is 2.84 bits per heavy atom. The standard InChI is InChI=1S/C17H21ClN4O3/c1-10(2)25-15-5-4-12(8-14(15)18)9-19-22-17-20-11(3)13(6-7-23)16(24)21-17/h4-5,8-10,23H,6-7H2,1-3H3,(H2,20,21,22,24)/b19-9-. The number of hydrogen-bond donors (Lipinski definition) is 3. The molecule has 8 heteroatoms. The molecule has 0 saturated carbocycles. The summed E-state index contributed by atoms with van der Waals surface area (Å²) >= 11 is 6.17.